The molecule has 0 aliphatic carbocycles. The first kappa shape index (κ1) is 15.2. The van der Waals surface area contributed by atoms with Crippen molar-refractivity contribution in [1.29, 1.82) is 0 Å². The second-order valence-corrected chi connectivity index (χ2v) is 5.50. The number of ether oxygens (including phenoxy) is 1. The summed E-state index contributed by atoms with van der Waals surface area (Å²) in [5, 5.41) is 9.32. The van der Waals surface area contributed by atoms with Gasteiger partial charge < -0.3 is 19.6 Å². The lowest BCUT2D eigenvalue weighted by molar-refractivity contribution is 0.0746. The summed E-state index contributed by atoms with van der Waals surface area (Å²) in [4.78, 5) is 16.6. The maximum Gasteiger partial charge on any atom is 0.253 e. The highest BCUT2D eigenvalue weighted by atomic mass is 16.5. The van der Waals surface area contributed by atoms with Crippen molar-refractivity contribution in [2.24, 2.45) is 0 Å². The first-order valence-corrected chi connectivity index (χ1v) is 7.65. The highest BCUT2D eigenvalue weighted by Gasteiger charge is 2.23. The van der Waals surface area contributed by atoms with Gasteiger partial charge in [-0.25, -0.2) is 0 Å². The van der Waals surface area contributed by atoms with Gasteiger partial charge in [0.05, 0.1) is 12.8 Å². The lowest BCUT2D eigenvalue weighted by atomic mass is 10.1. The number of phenols is 1. The average molecular weight is 312 g/mol. The van der Waals surface area contributed by atoms with Crippen molar-refractivity contribution >= 4 is 11.6 Å². The summed E-state index contributed by atoms with van der Waals surface area (Å²) in [6, 6.07) is 14.3. The topological polar surface area (TPSA) is 53.0 Å². The highest BCUT2D eigenvalue weighted by Crippen LogP contribution is 2.28. The van der Waals surface area contributed by atoms with Crippen molar-refractivity contribution in [3.05, 3.63) is 54.1 Å². The first-order valence-electron chi connectivity index (χ1n) is 7.65. The zero-order valence-electron chi connectivity index (χ0n) is 13.1. The summed E-state index contributed by atoms with van der Waals surface area (Å²) in [5.74, 6) is 1.03. The lowest BCUT2D eigenvalue weighted by Crippen LogP contribution is -2.48. The maximum absolute atomic E-state index is 12.5. The number of benzene rings is 2. The first-order chi connectivity index (χ1) is 11.2. The molecule has 23 heavy (non-hydrogen) atoms. The Labute approximate surface area is 135 Å². The molecule has 5 nitrogen and oxygen atoms in total. The fraction of sp³-hybridized carbons (Fsp3) is 0.278. The van der Waals surface area contributed by atoms with Crippen molar-refractivity contribution < 1.29 is 14.6 Å². The van der Waals surface area contributed by atoms with Crippen molar-refractivity contribution in [3.63, 3.8) is 0 Å². The molecule has 1 aliphatic heterocycles. The van der Waals surface area contributed by atoms with Gasteiger partial charge in [-0.15, -0.1) is 0 Å². The van der Waals surface area contributed by atoms with E-state index in [1.165, 1.54) is 12.1 Å². The Hall–Kier alpha value is -2.69. The Morgan fingerprint density at radius 1 is 1.00 bits per heavy atom. The van der Waals surface area contributed by atoms with E-state index in [1.807, 2.05) is 29.2 Å². The van der Waals surface area contributed by atoms with Crippen LogP contribution in [0.25, 0.3) is 0 Å². The highest BCUT2D eigenvalue weighted by molar-refractivity contribution is 5.94. The molecule has 3 rings (SSSR count). The average Bonchev–Trinajstić information content (AvgIpc) is 2.62. The number of hydrogen-bond donors (Lipinski definition) is 1. The van der Waals surface area contributed by atoms with Gasteiger partial charge in [-0.1, -0.05) is 12.1 Å². The molecule has 0 aromatic heterocycles. The number of piperazine rings is 1. The van der Waals surface area contributed by atoms with Gasteiger partial charge in [-0.3, -0.25) is 4.79 Å². The number of nitrogens with zero attached hydrogens (tertiary/aromatic N) is 2. The number of carbonyl (C=O) groups excluding carboxylic acids is 1. The van der Waals surface area contributed by atoms with Crippen molar-refractivity contribution in [2.75, 3.05) is 38.2 Å². The predicted molar refractivity (Wildman–Crippen MR) is 89.2 cm³/mol. The number of hydrogen-bond acceptors (Lipinski definition) is 4. The summed E-state index contributed by atoms with van der Waals surface area (Å²) in [6.07, 6.45) is 0. The van der Waals surface area contributed by atoms with Crippen LogP contribution in [-0.4, -0.2) is 49.2 Å². The molecule has 2 aromatic rings. The van der Waals surface area contributed by atoms with E-state index in [9.17, 15) is 9.90 Å². The molecule has 1 heterocycles. The van der Waals surface area contributed by atoms with E-state index in [2.05, 4.69) is 4.90 Å². The largest absolute Gasteiger partial charge is 0.508 e. The summed E-state index contributed by atoms with van der Waals surface area (Å²) in [6.45, 7) is 2.86. The molecule has 1 amide bonds. The standard InChI is InChI=1S/C18H20N2O3/c1-23-17-5-3-2-4-16(17)19-10-12-20(13-11-19)18(22)14-6-8-15(21)9-7-14/h2-9,21H,10-13H2,1H3. The van der Waals surface area contributed by atoms with E-state index in [0.29, 0.717) is 18.7 Å². The molecule has 1 N–H and O–H groups in total. The Balaban J connectivity index is 1.66. The van der Waals surface area contributed by atoms with E-state index in [4.69, 9.17) is 4.74 Å². The van der Waals surface area contributed by atoms with E-state index in [1.54, 1.807) is 19.2 Å². The zero-order chi connectivity index (χ0) is 16.2. The second kappa shape index (κ2) is 6.60. The van der Waals surface area contributed by atoms with Crippen LogP contribution in [0.5, 0.6) is 11.5 Å². The molecule has 5 heteroatoms. The molecule has 1 fully saturated rings. The number of anilines is 1. The van der Waals surface area contributed by atoms with Crippen LogP contribution < -0.4 is 9.64 Å². The summed E-state index contributed by atoms with van der Waals surface area (Å²) >= 11 is 0. The van der Waals surface area contributed by atoms with Gasteiger partial charge in [0.15, 0.2) is 0 Å². The Morgan fingerprint density at radius 2 is 1.65 bits per heavy atom. The summed E-state index contributed by atoms with van der Waals surface area (Å²) in [7, 11) is 1.67. The minimum Gasteiger partial charge on any atom is -0.508 e. The van der Waals surface area contributed by atoms with Gasteiger partial charge in [0, 0.05) is 31.7 Å². The van der Waals surface area contributed by atoms with Crippen LogP contribution in [0.1, 0.15) is 10.4 Å². The van der Waals surface area contributed by atoms with Crippen LogP contribution in [0.3, 0.4) is 0 Å². The molecule has 0 atom stereocenters. The van der Waals surface area contributed by atoms with Crippen LogP contribution in [0, 0.1) is 0 Å². The van der Waals surface area contributed by atoms with Crippen LogP contribution >= 0.6 is 0 Å². The monoisotopic (exact) mass is 312 g/mol. The number of carbonyl (C=O) groups is 1. The normalized spacial score (nSPS) is 14.7. The fourth-order valence-corrected chi connectivity index (χ4v) is 2.83. The molecule has 1 saturated heterocycles. The third-order valence-electron chi connectivity index (χ3n) is 4.11. The Kier molecular flexibility index (Phi) is 4.37. The van der Waals surface area contributed by atoms with E-state index in [-0.39, 0.29) is 11.7 Å². The van der Waals surface area contributed by atoms with Crippen LogP contribution in [0.2, 0.25) is 0 Å². The van der Waals surface area contributed by atoms with Crippen molar-refractivity contribution in [2.45, 2.75) is 0 Å². The number of phenolic OH excluding ortho intramolecular Hbond substituents is 1. The molecule has 0 spiro atoms. The number of aromatic hydroxyl groups is 1. The van der Waals surface area contributed by atoms with Crippen molar-refractivity contribution in [1.82, 2.24) is 4.90 Å². The van der Waals surface area contributed by atoms with Crippen LogP contribution in [0.15, 0.2) is 48.5 Å². The van der Waals surface area contributed by atoms with Gasteiger partial charge >= 0.3 is 0 Å². The molecule has 0 bridgehead atoms. The Morgan fingerprint density at radius 3 is 2.30 bits per heavy atom. The lowest BCUT2D eigenvalue weighted by Gasteiger charge is -2.36. The smallest absolute Gasteiger partial charge is 0.253 e. The third-order valence-corrected chi connectivity index (χ3v) is 4.11. The summed E-state index contributed by atoms with van der Waals surface area (Å²) < 4.78 is 5.41. The van der Waals surface area contributed by atoms with Crippen molar-refractivity contribution in [3.8, 4) is 11.5 Å². The Bertz CT molecular complexity index is 677. The quantitative estimate of drug-likeness (QED) is 0.945. The fourth-order valence-electron chi connectivity index (χ4n) is 2.83. The van der Waals surface area contributed by atoms with Crippen LogP contribution in [0.4, 0.5) is 5.69 Å². The molecule has 1 aliphatic rings. The second-order valence-electron chi connectivity index (χ2n) is 5.50. The molecule has 120 valence electrons. The van der Waals surface area contributed by atoms with Crippen LogP contribution in [-0.2, 0) is 0 Å². The van der Waals surface area contributed by atoms with Gasteiger partial charge in [0.2, 0.25) is 0 Å². The SMILES string of the molecule is COc1ccccc1N1CCN(C(=O)c2ccc(O)cc2)CC1. The van der Waals surface area contributed by atoms with Gasteiger partial charge in [0.1, 0.15) is 11.5 Å². The molecular weight excluding hydrogens is 292 g/mol. The number of rotatable bonds is 3. The van der Waals surface area contributed by atoms with Gasteiger partial charge in [-0.2, -0.15) is 0 Å². The third kappa shape index (κ3) is 3.23. The number of methoxy groups -OCH3 is 1. The van der Waals surface area contributed by atoms with Gasteiger partial charge in [0.25, 0.3) is 5.91 Å². The summed E-state index contributed by atoms with van der Waals surface area (Å²) in [5.41, 5.74) is 1.67. The number of amides is 1. The van der Waals surface area contributed by atoms with E-state index in [0.717, 1.165) is 24.5 Å². The molecule has 0 radical (unpaired) electrons. The predicted octanol–water partition coefficient (Wildman–Crippen LogP) is 2.36. The molecular formula is C18H20N2O3. The molecule has 0 saturated carbocycles. The maximum atomic E-state index is 12.5. The minimum atomic E-state index is 0.00433. The van der Waals surface area contributed by atoms with E-state index < -0.39 is 0 Å². The molecule has 2 aromatic carbocycles. The van der Waals surface area contributed by atoms with E-state index >= 15 is 0 Å². The zero-order valence-corrected chi connectivity index (χ0v) is 13.1. The van der Waals surface area contributed by atoms with Gasteiger partial charge in [-0.05, 0) is 36.4 Å². The minimum absolute atomic E-state index is 0.00433. The molecule has 0 unspecified atom stereocenters. The number of para-hydroxylation sites is 2.